The predicted octanol–water partition coefficient (Wildman–Crippen LogP) is 2.78. The van der Waals surface area contributed by atoms with Crippen LogP contribution in [0.25, 0.3) is 0 Å². The minimum atomic E-state index is 0.0771. The van der Waals surface area contributed by atoms with Gasteiger partial charge in [-0.25, -0.2) is 0 Å². The highest BCUT2D eigenvalue weighted by Gasteiger charge is 2.36. The van der Waals surface area contributed by atoms with Gasteiger partial charge < -0.3 is 10.1 Å². The summed E-state index contributed by atoms with van der Waals surface area (Å²) < 4.78 is 6.15. The van der Waals surface area contributed by atoms with Crippen LogP contribution in [-0.2, 0) is 4.74 Å². The molecule has 1 atom stereocenters. The van der Waals surface area contributed by atoms with E-state index in [9.17, 15) is 0 Å². The van der Waals surface area contributed by atoms with Gasteiger partial charge >= 0.3 is 0 Å². The second-order valence-electron chi connectivity index (χ2n) is 5.87. The first-order chi connectivity index (χ1) is 9.31. The summed E-state index contributed by atoms with van der Waals surface area (Å²) in [5.41, 5.74) is 2.18. The second-order valence-corrected chi connectivity index (χ2v) is 5.87. The van der Waals surface area contributed by atoms with Gasteiger partial charge in [0.2, 0.25) is 0 Å². The van der Waals surface area contributed by atoms with Crippen molar-refractivity contribution >= 4 is 0 Å². The van der Waals surface area contributed by atoms with E-state index in [1.54, 1.807) is 0 Å². The van der Waals surface area contributed by atoms with E-state index < -0.39 is 0 Å². The van der Waals surface area contributed by atoms with E-state index in [1.165, 1.54) is 25.7 Å². The average molecular weight is 256 g/mol. The van der Waals surface area contributed by atoms with Gasteiger partial charge in [-0.3, -0.25) is 0 Å². The molecule has 0 aromatic heterocycles. The zero-order valence-corrected chi connectivity index (χ0v) is 11.2. The van der Waals surface area contributed by atoms with Gasteiger partial charge in [-0.1, -0.05) is 25.0 Å². The molecule has 1 saturated heterocycles. The number of nitrogens with one attached hydrogen (secondary N) is 1. The van der Waals surface area contributed by atoms with E-state index in [4.69, 9.17) is 10.00 Å². The molecule has 3 heteroatoms. The Bertz CT molecular complexity index is 486. The molecule has 1 saturated carbocycles. The van der Waals surface area contributed by atoms with Gasteiger partial charge in [0.1, 0.15) is 0 Å². The highest BCUT2D eigenvalue weighted by molar-refractivity contribution is 5.34. The fourth-order valence-corrected chi connectivity index (χ4v) is 3.32. The van der Waals surface area contributed by atoms with Crippen LogP contribution in [0.15, 0.2) is 24.3 Å². The van der Waals surface area contributed by atoms with Crippen molar-refractivity contribution in [2.75, 3.05) is 19.7 Å². The number of benzene rings is 1. The van der Waals surface area contributed by atoms with Crippen LogP contribution in [0.2, 0.25) is 0 Å². The zero-order valence-electron chi connectivity index (χ0n) is 11.2. The Balaban J connectivity index is 1.74. The normalized spacial score (nSPS) is 25.9. The summed E-state index contributed by atoms with van der Waals surface area (Å²) in [6.45, 7) is 2.76. The average Bonchev–Trinajstić information content (AvgIpc) is 2.80. The first-order valence-corrected chi connectivity index (χ1v) is 7.14. The van der Waals surface area contributed by atoms with E-state index >= 15 is 0 Å². The van der Waals surface area contributed by atoms with Crippen LogP contribution in [0.5, 0.6) is 0 Å². The third-order valence-electron chi connectivity index (χ3n) is 4.47. The van der Waals surface area contributed by atoms with E-state index in [0.717, 1.165) is 25.3 Å². The van der Waals surface area contributed by atoms with Crippen molar-refractivity contribution in [1.82, 2.24) is 5.32 Å². The Hall–Kier alpha value is -1.37. The largest absolute Gasteiger partial charge is 0.372 e. The Morgan fingerprint density at radius 2 is 2.16 bits per heavy atom. The lowest BCUT2D eigenvalue weighted by Crippen LogP contribution is -2.32. The van der Waals surface area contributed by atoms with E-state index in [2.05, 4.69) is 17.5 Å². The molecule has 1 heterocycles. The van der Waals surface area contributed by atoms with E-state index in [-0.39, 0.29) is 6.10 Å². The standard InChI is InChI=1S/C16H20N2O/c17-9-13-4-3-5-14(8-13)15-10-18-11-16(12-19-15)6-1-2-7-16/h3-5,8,15,18H,1-2,6-7,10-12H2. The molecule has 1 spiro atoms. The van der Waals surface area contributed by atoms with Crippen LogP contribution in [0, 0.1) is 16.7 Å². The molecule has 0 amide bonds. The van der Waals surface area contributed by atoms with Gasteiger partial charge in [0, 0.05) is 18.5 Å². The smallest absolute Gasteiger partial charge is 0.0991 e. The van der Waals surface area contributed by atoms with Crippen LogP contribution in [-0.4, -0.2) is 19.7 Å². The highest BCUT2D eigenvalue weighted by Crippen LogP contribution is 2.40. The Morgan fingerprint density at radius 3 is 2.95 bits per heavy atom. The van der Waals surface area contributed by atoms with Crippen molar-refractivity contribution < 1.29 is 4.74 Å². The molecular weight excluding hydrogens is 236 g/mol. The number of nitrogens with zero attached hydrogens (tertiary/aromatic N) is 1. The van der Waals surface area contributed by atoms with Crippen molar-refractivity contribution in [3.8, 4) is 6.07 Å². The highest BCUT2D eigenvalue weighted by atomic mass is 16.5. The summed E-state index contributed by atoms with van der Waals surface area (Å²) in [5, 5.41) is 12.5. The summed E-state index contributed by atoms with van der Waals surface area (Å²) in [5.74, 6) is 0. The maximum atomic E-state index is 8.98. The quantitative estimate of drug-likeness (QED) is 0.840. The third-order valence-corrected chi connectivity index (χ3v) is 4.47. The van der Waals surface area contributed by atoms with Gasteiger partial charge in [-0.05, 0) is 30.5 Å². The van der Waals surface area contributed by atoms with Gasteiger partial charge in [-0.2, -0.15) is 5.26 Å². The molecular formula is C16H20N2O. The van der Waals surface area contributed by atoms with Gasteiger partial charge in [0.05, 0.1) is 24.3 Å². The molecule has 100 valence electrons. The fourth-order valence-electron chi connectivity index (χ4n) is 3.32. The van der Waals surface area contributed by atoms with Gasteiger partial charge in [-0.15, -0.1) is 0 Å². The maximum Gasteiger partial charge on any atom is 0.0991 e. The number of rotatable bonds is 1. The summed E-state index contributed by atoms with van der Waals surface area (Å²) >= 11 is 0. The molecule has 0 radical (unpaired) electrons. The topological polar surface area (TPSA) is 45.0 Å². The SMILES string of the molecule is N#Cc1cccc(C2CNCC3(CCCC3)CO2)c1. The molecule has 3 rings (SSSR count). The lowest BCUT2D eigenvalue weighted by molar-refractivity contribution is 0.0158. The molecule has 3 nitrogen and oxygen atoms in total. The molecule has 19 heavy (non-hydrogen) atoms. The first-order valence-electron chi connectivity index (χ1n) is 7.14. The summed E-state index contributed by atoms with van der Waals surface area (Å²) in [7, 11) is 0. The molecule has 1 unspecified atom stereocenters. The molecule has 1 aliphatic carbocycles. The zero-order chi connectivity index (χ0) is 13.1. The van der Waals surface area contributed by atoms with Crippen LogP contribution >= 0.6 is 0 Å². The van der Waals surface area contributed by atoms with Gasteiger partial charge in [0.25, 0.3) is 0 Å². The van der Waals surface area contributed by atoms with Crippen molar-refractivity contribution in [3.05, 3.63) is 35.4 Å². The predicted molar refractivity (Wildman–Crippen MR) is 73.6 cm³/mol. The van der Waals surface area contributed by atoms with Crippen molar-refractivity contribution in [1.29, 1.82) is 5.26 Å². The van der Waals surface area contributed by atoms with E-state index in [1.807, 2.05) is 18.2 Å². The van der Waals surface area contributed by atoms with Crippen molar-refractivity contribution in [2.24, 2.45) is 5.41 Å². The monoisotopic (exact) mass is 256 g/mol. The van der Waals surface area contributed by atoms with Crippen LogP contribution < -0.4 is 5.32 Å². The first kappa shape index (κ1) is 12.7. The fraction of sp³-hybridized carbons (Fsp3) is 0.562. The molecule has 2 aliphatic rings. The van der Waals surface area contributed by atoms with Crippen LogP contribution in [0.4, 0.5) is 0 Å². The maximum absolute atomic E-state index is 8.98. The number of nitriles is 1. The second kappa shape index (κ2) is 5.32. The summed E-state index contributed by atoms with van der Waals surface area (Å²) in [4.78, 5) is 0. The number of ether oxygens (including phenoxy) is 1. The molecule has 0 bridgehead atoms. The van der Waals surface area contributed by atoms with Crippen molar-refractivity contribution in [2.45, 2.75) is 31.8 Å². The van der Waals surface area contributed by atoms with Crippen molar-refractivity contribution in [3.63, 3.8) is 0 Å². The van der Waals surface area contributed by atoms with Crippen LogP contribution in [0.1, 0.15) is 42.9 Å². The molecule has 1 aromatic rings. The Morgan fingerprint density at radius 1 is 1.32 bits per heavy atom. The lowest BCUT2D eigenvalue weighted by Gasteiger charge is -2.26. The van der Waals surface area contributed by atoms with E-state index in [0.29, 0.717) is 11.0 Å². The van der Waals surface area contributed by atoms with Gasteiger partial charge in [0.15, 0.2) is 0 Å². The molecule has 1 N–H and O–H groups in total. The molecule has 1 aliphatic heterocycles. The minimum Gasteiger partial charge on any atom is -0.372 e. The summed E-state index contributed by atoms with van der Waals surface area (Å²) in [6.07, 6.45) is 5.31. The minimum absolute atomic E-state index is 0.0771. The number of hydrogen-bond acceptors (Lipinski definition) is 3. The molecule has 2 fully saturated rings. The Labute approximate surface area is 114 Å². The number of hydrogen-bond donors (Lipinski definition) is 1. The van der Waals surface area contributed by atoms with Crippen LogP contribution in [0.3, 0.4) is 0 Å². The molecule has 1 aromatic carbocycles. The lowest BCUT2D eigenvalue weighted by atomic mass is 9.87. The summed E-state index contributed by atoms with van der Waals surface area (Å²) in [6, 6.07) is 9.97. The Kier molecular flexibility index (Phi) is 3.54. The third kappa shape index (κ3) is 2.65.